The van der Waals surface area contributed by atoms with Crippen molar-refractivity contribution in [3.8, 4) is 0 Å². The summed E-state index contributed by atoms with van der Waals surface area (Å²) in [6, 6.07) is 0. The van der Waals surface area contributed by atoms with Crippen molar-refractivity contribution in [1.82, 2.24) is 25.1 Å². The first-order valence-corrected chi connectivity index (χ1v) is 7.05. The van der Waals surface area contributed by atoms with Crippen molar-refractivity contribution in [2.24, 2.45) is 0 Å². The molecule has 6 nitrogen and oxygen atoms in total. The monoisotopic (exact) mass is 329 g/mol. The third kappa shape index (κ3) is 4.11. The molecule has 2 heterocycles. The van der Waals surface area contributed by atoms with Gasteiger partial charge in [-0.05, 0) is 20.8 Å². The van der Waals surface area contributed by atoms with Crippen LogP contribution >= 0.6 is 0 Å². The summed E-state index contributed by atoms with van der Waals surface area (Å²) in [5.41, 5.74) is 1.29. The summed E-state index contributed by atoms with van der Waals surface area (Å²) in [6.45, 7) is 3.85. The molecular weight excluding hydrogens is 311 g/mol. The predicted octanol–water partition coefficient (Wildman–Crippen LogP) is 2.21. The highest BCUT2D eigenvalue weighted by Gasteiger charge is 2.31. The number of amides is 1. The van der Waals surface area contributed by atoms with Crippen molar-refractivity contribution in [1.29, 1.82) is 0 Å². The quantitative estimate of drug-likeness (QED) is 0.883. The van der Waals surface area contributed by atoms with Gasteiger partial charge in [-0.25, -0.2) is 4.98 Å². The number of carbonyl (C=O) groups excluding carboxylic acids is 1. The van der Waals surface area contributed by atoms with E-state index in [1.807, 2.05) is 0 Å². The molecule has 0 bridgehead atoms. The molecule has 0 radical (unpaired) electrons. The van der Waals surface area contributed by atoms with Crippen LogP contribution in [0.2, 0.25) is 0 Å². The zero-order valence-electron chi connectivity index (χ0n) is 13.0. The Kier molecular flexibility index (Phi) is 4.76. The lowest BCUT2D eigenvalue weighted by molar-refractivity contribution is -0.143. The maximum Gasteiger partial charge on any atom is 0.408 e. The van der Waals surface area contributed by atoms with E-state index in [0.717, 1.165) is 4.68 Å². The van der Waals surface area contributed by atoms with Crippen LogP contribution in [0.1, 0.15) is 35.6 Å². The topological polar surface area (TPSA) is 75.6 Å². The number of aromatic nitrogens is 4. The van der Waals surface area contributed by atoms with Gasteiger partial charge in [0, 0.05) is 23.7 Å². The van der Waals surface area contributed by atoms with Gasteiger partial charge in [-0.1, -0.05) is 0 Å². The molecule has 0 aliphatic heterocycles. The smallest absolute Gasteiger partial charge is 0.348 e. The summed E-state index contributed by atoms with van der Waals surface area (Å²) >= 11 is 0. The Labute approximate surface area is 131 Å². The standard InChI is InChI=1S/C14H18F3N5O/c1-8(13(23)20-6-11-18-4-5-19-11)12-9(2)21-22(10(12)3)7-14(15,16)17/h4-5,8H,6-7H2,1-3H3,(H,18,19)(H,20,23)/t8-/m0/s1. The first-order valence-electron chi connectivity index (χ1n) is 7.05. The lowest BCUT2D eigenvalue weighted by atomic mass is 9.98. The van der Waals surface area contributed by atoms with E-state index in [1.165, 1.54) is 6.92 Å². The number of aryl methyl sites for hydroxylation is 1. The predicted molar refractivity (Wildman–Crippen MR) is 76.6 cm³/mol. The molecule has 9 heteroatoms. The van der Waals surface area contributed by atoms with Crippen molar-refractivity contribution in [2.75, 3.05) is 0 Å². The molecule has 1 atom stereocenters. The Balaban J connectivity index is 2.12. The summed E-state index contributed by atoms with van der Waals surface area (Å²) < 4.78 is 38.5. The molecule has 0 saturated carbocycles. The Hall–Kier alpha value is -2.32. The minimum absolute atomic E-state index is 0.227. The molecule has 126 valence electrons. The molecule has 0 spiro atoms. The van der Waals surface area contributed by atoms with Crippen LogP contribution < -0.4 is 5.32 Å². The van der Waals surface area contributed by atoms with Gasteiger partial charge in [0.15, 0.2) is 0 Å². The molecule has 23 heavy (non-hydrogen) atoms. The van der Waals surface area contributed by atoms with Gasteiger partial charge in [0.2, 0.25) is 5.91 Å². The minimum Gasteiger partial charge on any atom is -0.348 e. The summed E-state index contributed by atoms with van der Waals surface area (Å²) in [6.07, 6.45) is -1.15. The van der Waals surface area contributed by atoms with Crippen LogP contribution in [0.3, 0.4) is 0 Å². The second-order valence-corrected chi connectivity index (χ2v) is 5.33. The van der Waals surface area contributed by atoms with E-state index in [2.05, 4.69) is 20.4 Å². The molecule has 2 N–H and O–H groups in total. The number of alkyl halides is 3. The largest absolute Gasteiger partial charge is 0.408 e. The van der Waals surface area contributed by atoms with E-state index in [4.69, 9.17) is 0 Å². The summed E-state index contributed by atoms with van der Waals surface area (Å²) in [7, 11) is 0. The number of nitrogens with zero attached hydrogens (tertiary/aromatic N) is 3. The van der Waals surface area contributed by atoms with Crippen LogP contribution in [0, 0.1) is 13.8 Å². The van der Waals surface area contributed by atoms with Gasteiger partial charge in [-0.15, -0.1) is 0 Å². The van der Waals surface area contributed by atoms with Crippen LogP contribution in [0.5, 0.6) is 0 Å². The Morgan fingerprint density at radius 1 is 1.43 bits per heavy atom. The van der Waals surface area contributed by atoms with Crippen molar-refractivity contribution >= 4 is 5.91 Å². The first-order chi connectivity index (χ1) is 10.7. The third-order valence-corrected chi connectivity index (χ3v) is 3.58. The first kappa shape index (κ1) is 17.0. The van der Waals surface area contributed by atoms with Gasteiger partial charge in [0.05, 0.1) is 18.2 Å². The number of imidazole rings is 1. The van der Waals surface area contributed by atoms with Gasteiger partial charge >= 0.3 is 6.18 Å². The van der Waals surface area contributed by atoms with Gasteiger partial charge in [-0.3, -0.25) is 9.48 Å². The van der Waals surface area contributed by atoms with E-state index >= 15 is 0 Å². The molecule has 2 aromatic heterocycles. The number of hydrogen-bond donors (Lipinski definition) is 2. The van der Waals surface area contributed by atoms with Crippen LogP contribution in [-0.4, -0.2) is 31.8 Å². The summed E-state index contributed by atoms with van der Waals surface area (Å²) in [4.78, 5) is 19.1. The van der Waals surface area contributed by atoms with Gasteiger partial charge in [-0.2, -0.15) is 18.3 Å². The van der Waals surface area contributed by atoms with Crippen molar-refractivity contribution in [3.63, 3.8) is 0 Å². The fraction of sp³-hybridized carbons (Fsp3) is 0.500. The highest BCUT2D eigenvalue weighted by Crippen LogP contribution is 2.26. The Bertz CT molecular complexity index is 675. The zero-order valence-corrected chi connectivity index (χ0v) is 13.0. The highest BCUT2D eigenvalue weighted by molar-refractivity contribution is 5.83. The lowest BCUT2D eigenvalue weighted by Gasteiger charge is -2.13. The van der Waals surface area contributed by atoms with Crippen molar-refractivity contribution in [3.05, 3.63) is 35.2 Å². The molecule has 0 aliphatic carbocycles. The Morgan fingerprint density at radius 2 is 2.13 bits per heavy atom. The van der Waals surface area contributed by atoms with Crippen LogP contribution in [0.4, 0.5) is 13.2 Å². The fourth-order valence-corrected chi connectivity index (χ4v) is 2.51. The van der Waals surface area contributed by atoms with E-state index in [-0.39, 0.29) is 12.5 Å². The fourth-order valence-electron chi connectivity index (χ4n) is 2.51. The molecule has 0 aromatic carbocycles. The lowest BCUT2D eigenvalue weighted by Crippen LogP contribution is -2.28. The maximum absolute atomic E-state index is 12.5. The van der Waals surface area contributed by atoms with Crippen molar-refractivity contribution in [2.45, 2.75) is 46.0 Å². The second kappa shape index (κ2) is 6.43. The van der Waals surface area contributed by atoms with Crippen LogP contribution in [0.25, 0.3) is 0 Å². The van der Waals surface area contributed by atoms with Crippen LogP contribution in [0.15, 0.2) is 12.4 Å². The molecule has 0 fully saturated rings. The second-order valence-electron chi connectivity index (χ2n) is 5.33. The average molecular weight is 329 g/mol. The zero-order chi connectivity index (χ0) is 17.2. The number of aromatic amines is 1. The number of carbonyl (C=O) groups is 1. The molecule has 1 amide bonds. The van der Waals surface area contributed by atoms with E-state index in [9.17, 15) is 18.0 Å². The van der Waals surface area contributed by atoms with Crippen LogP contribution in [-0.2, 0) is 17.9 Å². The molecule has 0 aliphatic rings. The number of nitrogens with one attached hydrogen (secondary N) is 2. The van der Waals surface area contributed by atoms with E-state index in [1.54, 1.807) is 26.2 Å². The molecule has 0 saturated heterocycles. The van der Waals surface area contributed by atoms with Crippen molar-refractivity contribution < 1.29 is 18.0 Å². The minimum atomic E-state index is -4.36. The van der Waals surface area contributed by atoms with Gasteiger partial charge in [0.25, 0.3) is 0 Å². The molecule has 2 rings (SSSR count). The number of H-pyrrole nitrogens is 1. The van der Waals surface area contributed by atoms with Gasteiger partial charge in [0.1, 0.15) is 12.4 Å². The molecular formula is C14H18F3N5O. The third-order valence-electron chi connectivity index (χ3n) is 3.58. The van der Waals surface area contributed by atoms with E-state index in [0.29, 0.717) is 22.8 Å². The average Bonchev–Trinajstić information content (AvgIpc) is 3.03. The summed E-state index contributed by atoms with van der Waals surface area (Å²) in [5.74, 6) is -0.294. The number of halogens is 3. The summed E-state index contributed by atoms with van der Waals surface area (Å²) in [5, 5.41) is 6.61. The maximum atomic E-state index is 12.5. The normalized spacial score (nSPS) is 13.1. The van der Waals surface area contributed by atoms with E-state index < -0.39 is 18.6 Å². The Morgan fingerprint density at radius 3 is 2.70 bits per heavy atom. The molecule has 0 unspecified atom stereocenters. The van der Waals surface area contributed by atoms with Gasteiger partial charge < -0.3 is 10.3 Å². The number of rotatable bonds is 5. The number of hydrogen-bond acceptors (Lipinski definition) is 3. The SMILES string of the molecule is Cc1nn(CC(F)(F)F)c(C)c1[C@H](C)C(=O)NCc1ncc[nH]1. The highest BCUT2D eigenvalue weighted by atomic mass is 19.4. The molecule has 2 aromatic rings.